The van der Waals surface area contributed by atoms with Crippen LogP contribution < -0.4 is 0 Å². The smallest absolute Gasteiger partial charge is 0.230 e. The SMILES string of the molecule is CC(C)C(O)C(C)(C)C(=O)N(C)C. The maximum atomic E-state index is 11.7. The molecular formula is C10H21NO2. The molecule has 1 N–H and O–H groups in total. The van der Waals surface area contributed by atoms with Crippen LogP contribution in [0.25, 0.3) is 0 Å². The largest absolute Gasteiger partial charge is 0.392 e. The van der Waals surface area contributed by atoms with Crippen LogP contribution in [0.15, 0.2) is 0 Å². The van der Waals surface area contributed by atoms with Gasteiger partial charge in [0.1, 0.15) is 0 Å². The second-order valence-electron chi connectivity index (χ2n) is 4.61. The maximum Gasteiger partial charge on any atom is 0.230 e. The van der Waals surface area contributed by atoms with Crippen molar-refractivity contribution in [3.63, 3.8) is 0 Å². The number of hydrogen-bond acceptors (Lipinski definition) is 2. The van der Waals surface area contributed by atoms with Crippen LogP contribution in [0.2, 0.25) is 0 Å². The summed E-state index contributed by atoms with van der Waals surface area (Å²) < 4.78 is 0. The fourth-order valence-electron chi connectivity index (χ4n) is 1.54. The predicted molar refractivity (Wildman–Crippen MR) is 53.3 cm³/mol. The topological polar surface area (TPSA) is 40.5 Å². The third-order valence-electron chi connectivity index (χ3n) is 2.33. The third-order valence-corrected chi connectivity index (χ3v) is 2.33. The first-order valence-corrected chi connectivity index (χ1v) is 4.61. The second kappa shape index (κ2) is 4.09. The molecule has 0 aromatic heterocycles. The molecule has 0 saturated heterocycles. The van der Waals surface area contributed by atoms with E-state index in [0.717, 1.165) is 0 Å². The van der Waals surface area contributed by atoms with Crippen LogP contribution in [0.4, 0.5) is 0 Å². The lowest BCUT2D eigenvalue weighted by Gasteiger charge is -2.33. The summed E-state index contributed by atoms with van der Waals surface area (Å²) in [5.41, 5.74) is -0.697. The second-order valence-corrected chi connectivity index (χ2v) is 4.61. The zero-order chi connectivity index (χ0) is 10.8. The molecule has 0 bridgehead atoms. The Bertz CT molecular complexity index is 185. The van der Waals surface area contributed by atoms with Crippen LogP contribution in [-0.4, -0.2) is 36.1 Å². The molecule has 13 heavy (non-hydrogen) atoms. The summed E-state index contributed by atoms with van der Waals surface area (Å²) in [6.45, 7) is 7.38. The molecule has 1 amide bonds. The van der Waals surface area contributed by atoms with Crippen molar-refractivity contribution >= 4 is 5.91 Å². The lowest BCUT2D eigenvalue weighted by Crippen LogP contribution is -2.46. The van der Waals surface area contributed by atoms with Gasteiger partial charge < -0.3 is 10.0 Å². The van der Waals surface area contributed by atoms with Crippen LogP contribution in [0.1, 0.15) is 27.7 Å². The van der Waals surface area contributed by atoms with Crippen molar-refractivity contribution in [3.8, 4) is 0 Å². The van der Waals surface area contributed by atoms with Gasteiger partial charge in [-0.1, -0.05) is 13.8 Å². The van der Waals surface area contributed by atoms with Gasteiger partial charge in [-0.3, -0.25) is 4.79 Å². The fourth-order valence-corrected chi connectivity index (χ4v) is 1.54. The van der Waals surface area contributed by atoms with E-state index < -0.39 is 11.5 Å². The van der Waals surface area contributed by atoms with Gasteiger partial charge in [0, 0.05) is 14.1 Å². The number of aliphatic hydroxyl groups is 1. The number of rotatable bonds is 3. The molecule has 0 radical (unpaired) electrons. The van der Waals surface area contributed by atoms with Crippen molar-refractivity contribution in [3.05, 3.63) is 0 Å². The molecule has 0 aliphatic carbocycles. The molecule has 0 aromatic carbocycles. The van der Waals surface area contributed by atoms with Crippen LogP contribution >= 0.6 is 0 Å². The number of nitrogens with zero attached hydrogens (tertiary/aromatic N) is 1. The number of carbonyl (C=O) groups is 1. The quantitative estimate of drug-likeness (QED) is 0.719. The highest BCUT2D eigenvalue weighted by Crippen LogP contribution is 2.27. The summed E-state index contributed by atoms with van der Waals surface area (Å²) >= 11 is 0. The fraction of sp³-hybridized carbons (Fsp3) is 0.900. The molecule has 3 heteroatoms. The summed E-state index contributed by atoms with van der Waals surface area (Å²) in [7, 11) is 3.41. The van der Waals surface area contributed by atoms with Crippen molar-refractivity contribution in [2.45, 2.75) is 33.8 Å². The summed E-state index contributed by atoms with van der Waals surface area (Å²) in [5.74, 6) is 0.0626. The lowest BCUT2D eigenvalue weighted by atomic mass is 9.79. The Morgan fingerprint density at radius 1 is 1.31 bits per heavy atom. The average molecular weight is 187 g/mol. The van der Waals surface area contributed by atoms with Gasteiger partial charge in [-0.05, 0) is 19.8 Å². The summed E-state index contributed by atoms with van der Waals surface area (Å²) in [5, 5.41) is 9.83. The molecule has 0 saturated carbocycles. The molecule has 0 aliphatic heterocycles. The van der Waals surface area contributed by atoms with Crippen molar-refractivity contribution in [1.29, 1.82) is 0 Å². The van der Waals surface area contributed by atoms with Gasteiger partial charge in [0.05, 0.1) is 11.5 Å². The summed E-state index contributed by atoms with van der Waals surface area (Å²) in [4.78, 5) is 13.2. The molecule has 0 aliphatic rings. The number of amides is 1. The molecular weight excluding hydrogens is 166 g/mol. The van der Waals surface area contributed by atoms with Crippen LogP contribution in [0.3, 0.4) is 0 Å². The number of aliphatic hydroxyl groups excluding tert-OH is 1. The van der Waals surface area contributed by atoms with Crippen LogP contribution in [-0.2, 0) is 4.79 Å². The van der Waals surface area contributed by atoms with E-state index in [1.807, 2.05) is 13.8 Å². The Labute approximate surface area is 80.7 Å². The van der Waals surface area contributed by atoms with Gasteiger partial charge in [0.2, 0.25) is 5.91 Å². The van der Waals surface area contributed by atoms with E-state index in [-0.39, 0.29) is 11.8 Å². The van der Waals surface area contributed by atoms with Crippen molar-refractivity contribution < 1.29 is 9.90 Å². The van der Waals surface area contributed by atoms with Gasteiger partial charge in [0.25, 0.3) is 0 Å². The van der Waals surface area contributed by atoms with Crippen LogP contribution in [0.5, 0.6) is 0 Å². The summed E-state index contributed by atoms with van der Waals surface area (Å²) in [6, 6.07) is 0. The number of carbonyl (C=O) groups excluding carboxylic acids is 1. The Morgan fingerprint density at radius 3 is 1.92 bits per heavy atom. The van der Waals surface area contributed by atoms with Gasteiger partial charge >= 0.3 is 0 Å². The predicted octanol–water partition coefficient (Wildman–Crippen LogP) is 1.12. The van der Waals surface area contributed by atoms with E-state index in [4.69, 9.17) is 0 Å². The average Bonchev–Trinajstić information content (AvgIpc) is 2.01. The molecule has 0 aromatic rings. The Balaban J connectivity index is 4.65. The Hall–Kier alpha value is -0.570. The summed E-state index contributed by atoms with van der Waals surface area (Å²) in [6.07, 6.45) is -0.595. The van der Waals surface area contributed by atoms with Crippen LogP contribution in [0, 0.1) is 11.3 Å². The zero-order valence-corrected chi connectivity index (χ0v) is 9.46. The molecule has 0 heterocycles. The van der Waals surface area contributed by atoms with E-state index in [0.29, 0.717) is 0 Å². The first-order chi connectivity index (χ1) is 5.71. The lowest BCUT2D eigenvalue weighted by molar-refractivity contribution is -0.145. The third kappa shape index (κ3) is 2.69. The van der Waals surface area contributed by atoms with E-state index in [1.165, 1.54) is 4.90 Å². The van der Waals surface area contributed by atoms with Gasteiger partial charge in [0.15, 0.2) is 0 Å². The molecule has 0 rings (SSSR count). The molecule has 0 spiro atoms. The van der Waals surface area contributed by atoms with E-state index >= 15 is 0 Å². The standard InChI is InChI=1S/C10H21NO2/c1-7(2)8(12)10(3,4)9(13)11(5)6/h7-8,12H,1-6H3. The zero-order valence-electron chi connectivity index (χ0n) is 9.46. The van der Waals surface area contributed by atoms with Crippen molar-refractivity contribution in [2.75, 3.05) is 14.1 Å². The van der Waals surface area contributed by atoms with Crippen molar-refractivity contribution in [1.82, 2.24) is 4.90 Å². The van der Waals surface area contributed by atoms with E-state index in [9.17, 15) is 9.90 Å². The molecule has 78 valence electrons. The highest BCUT2D eigenvalue weighted by Gasteiger charge is 2.38. The molecule has 1 unspecified atom stereocenters. The molecule has 1 atom stereocenters. The number of hydrogen-bond donors (Lipinski definition) is 1. The molecule has 3 nitrogen and oxygen atoms in total. The van der Waals surface area contributed by atoms with E-state index in [2.05, 4.69) is 0 Å². The first-order valence-electron chi connectivity index (χ1n) is 4.61. The van der Waals surface area contributed by atoms with Gasteiger partial charge in [-0.2, -0.15) is 0 Å². The van der Waals surface area contributed by atoms with E-state index in [1.54, 1.807) is 27.9 Å². The van der Waals surface area contributed by atoms with Gasteiger partial charge in [-0.25, -0.2) is 0 Å². The highest BCUT2D eigenvalue weighted by molar-refractivity contribution is 5.82. The minimum absolute atomic E-state index is 0.0336. The monoisotopic (exact) mass is 187 g/mol. The normalized spacial score (nSPS) is 14.5. The molecule has 0 fully saturated rings. The Kier molecular flexibility index (Phi) is 3.91. The minimum Gasteiger partial charge on any atom is -0.392 e. The first kappa shape index (κ1) is 12.4. The minimum atomic E-state index is -0.697. The van der Waals surface area contributed by atoms with Gasteiger partial charge in [-0.15, -0.1) is 0 Å². The Morgan fingerprint density at radius 2 is 1.69 bits per heavy atom. The highest BCUT2D eigenvalue weighted by atomic mass is 16.3. The van der Waals surface area contributed by atoms with Crippen molar-refractivity contribution in [2.24, 2.45) is 11.3 Å². The maximum absolute atomic E-state index is 11.7.